The lowest BCUT2D eigenvalue weighted by Gasteiger charge is -2.23. The predicted molar refractivity (Wildman–Crippen MR) is 56.8 cm³/mol. The van der Waals surface area contributed by atoms with Crippen molar-refractivity contribution in [1.82, 2.24) is 5.32 Å². The van der Waals surface area contributed by atoms with Crippen molar-refractivity contribution in [2.45, 2.75) is 37.5 Å². The molecule has 0 aromatic rings. The number of amides is 1. The van der Waals surface area contributed by atoms with Crippen LogP contribution in [0.25, 0.3) is 0 Å². The predicted octanol–water partition coefficient (Wildman–Crippen LogP) is 0.735. The molecule has 0 saturated carbocycles. The first-order chi connectivity index (χ1) is 6.08. The number of nitrogens with two attached hydrogens (primary N) is 1. The fraction of sp³-hybridized carbons (Fsp3) is 0.889. The van der Waals surface area contributed by atoms with Crippen molar-refractivity contribution in [2.24, 2.45) is 5.73 Å². The molecule has 1 unspecified atom stereocenters. The second-order valence-electron chi connectivity index (χ2n) is 3.79. The van der Waals surface area contributed by atoms with Gasteiger partial charge in [-0.15, -0.1) is 11.8 Å². The quantitative estimate of drug-likeness (QED) is 0.709. The fourth-order valence-corrected chi connectivity index (χ4v) is 2.61. The molecular weight excluding hydrogens is 184 g/mol. The van der Waals surface area contributed by atoms with Gasteiger partial charge in [-0.05, 0) is 32.4 Å². The van der Waals surface area contributed by atoms with Crippen molar-refractivity contribution >= 4 is 17.7 Å². The highest BCUT2D eigenvalue weighted by molar-refractivity contribution is 8.01. The van der Waals surface area contributed by atoms with Crippen molar-refractivity contribution in [2.75, 3.05) is 12.3 Å². The molecule has 1 saturated heterocycles. The van der Waals surface area contributed by atoms with Crippen LogP contribution in [0.1, 0.15) is 26.7 Å². The lowest BCUT2D eigenvalue weighted by atomic mass is 10.0. The van der Waals surface area contributed by atoms with E-state index in [0.717, 1.165) is 18.6 Å². The average molecular weight is 202 g/mol. The molecule has 76 valence electrons. The zero-order valence-electron chi connectivity index (χ0n) is 8.30. The molecule has 2 atom stereocenters. The maximum atomic E-state index is 11.7. The van der Waals surface area contributed by atoms with Crippen molar-refractivity contribution in [3.63, 3.8) is 0 Å². The fourth-order valence-electron chi connectivity index (χ4n) is 1.39. The number of carbonyl (C=O) groups is 1. The monoisotopic (exact) mass is 202 g/mol. The van der Waals surface area contributed by atoms with Gasteiger partial charge in [0.25, 0.3) is 0 Å². The lowest BCUT2D eigenvalue weighted by Crippen LogP contribution is -2.46. The number of nitrogens with one attached hydrogen (secondary N) is 1. The van der Waals surface area contributed by atoms with Gasteiger partial charge in [0.1, 0.15) is 0 Å². The van der Waals surface area contributed by atoms with Gasteiger partial charge in [0.2, 0.25) is 5.91 Å². The summed E-state index contributed by atoms with van der Waals surface area (Å²) in [5.74, 6) is 1.24. The molecule has 0 radical (unpaired) electrons. The van der Waals surface area contributed by atoms with Crippen molar-refractivity contribution in [3.8, 4) is 0 Å². The maximum Gasteiger partial charge on any atom is 0.236 e. The Kier molecular flexibility index (Phi) is 3.62. The summed E-state index contributed by atoms with van der Waals surface area (Å²) in [5.41, 5.74) is 5.44. The van der Waals surface area contributed by atoms with E-state index in [1.54, 1.807) is 11.8 Å². The van der Waals surface area contributed by atoms with E-state index in [1.807, 2.05) is 13.8 Å². The van der Waals surface area contributed by atoms with Crippen LogP contribution in [0, 0.1) is 0 Å². The van der Waals surface area contributed by atoms with Gasteiger partial charge < -0.3 is 11.1 Å². The Morgan fingerprint density at radius 3 is 2.92 bits per heavy atom. The van der Waals surface area contributed by atoms with Gasteiger partial charge in [0.15, 0.2) is 0 Å². The van der Waals surface area contributed by atoms with Crippen LogP contribution in [0.2, 0.25) is 0 Å². The standard InChI is InChI=1S/C9H18N2OS/c1-7(6-10)11-8(12)9(2)4-3-5-13-9/h7H,3-6,10H2,1-2H3,(H,11,12)/t7-,9?/m1/s1. The summed E-state index contributed by atoms with van der Waals surface area (Å²) in [6.45, 7) is 4.45. The normalized spacial score (nSPS) is 30.1. The summed E-state index contributed by atoms with van der Waals surface area (Å²) in [4.78, 5) is 11.7. The minimum atomic E-state index is -0.205. The molecule has 4 heteroatoms. The molecule has 3 nitrogen and oxygen atoms in total. The highest BCUT2D eigenvalue weighted by Gasteiger charge is 2.37. The van der Waals surface area contributed by atoms with Gasteiger partial charge in [-0.25, -0.2) is 0 Å². The molecule has 1 aliphatic rings. The van der Waals surface area contributed by atoms with E-state index in [0.29, 0.717) is 6.54 Å². The van der Waals surface area contributed by atoms with Crippen LogP contribution in [0.5, 0.6) is 0 Å². The highest BCUT2D eigenvalue weighted by atomic mass is 32.2. The molecule has 0 spiro atoms. The Bertz CT molecular complexity index is 190. The zero-order chi connectivity index (χ0) is 9.90. The number of hydrogen-bond donors (Lipinski definition) is 2. The zero-order valence-corrected chi connectivity index (χ0v) is 9.12. The van der Waals surface area contributed by atoms with Gasteiger partial charge in [-0.3, -0.25) is 4.79 Å². The van der Waals surface area contributed by atoms with Gasteiger partial charge in [0, 0.05) is 12.6 Å². The summed E-state index contributed by atoms with van der Waals surface area (Å²) in [6, 6.07) is 0.0884. The topological polar surface area (TPSA) is 55.1 Å². The third-order valence-electron chi connectivity index (χ3n) is 2.43. The minimum Gasteiger partial charge on any atom is -0.351 e. The Morgan fingerprint density at radius 2 is 2.46 bits per heavy atom. The first-order valence-electron chi connectivity index (χ1n) is 4.73. The van der Waals surface area contributed by atoms with Crippen molar-refractivity contribution in [3.05, 3.63) is 0 Å². The maximum absolute atomic E-state index is 11.7. The van der Waals surface area contributed by atoms with E-state index >= 15 is 0 Å². The second kappa shape index (κ2) is 4.33. The second-order valence-corrected chi connectivity index (χ2v) is 5.39. The van der Waals surface area contributed by atoms with Gasteiger partial charge in [-0.2, -0.15) is 0 Å². The molecule has 0 aliphatic carbocycles. The van der Waals surface area contributed by atoms with E-state index in [2.05, 4.69) is 5.32 Å². The molecule has 0 aromatic carbocycles. The smallest absolute Gasteiger partial charge is 0.236 e. The molecule has 3 N–H and O–H groups in total. The molecule has 13 heavy (non-hydrogen) atoms. The van der Waals surface area contributed by atoms with Crippen LogP contribution >= 0.6 is 11.8 Å². The first kappa shape index (κ1) is 10.9. The minimum absolute atomic E-state index is 0.0884. The summed E-state index contributed by atoms with van der Waals surface area (Å²) >= 11 is 1.75. The molecule has 1 heterocycles. The SMILES string of the molecule is C[C@H](CN)NC(=O)C1(C)CCCS1. The number of thioether (sulfide) groups is 1. The Hall–Kier alpha value is -0.220. The summed E-state index contributed by atoms with van der Waals surface area (Å²) < 4.78 is -0.205. The number of rotatable bonds is 3. The third-order valence-corrected chi connectivity index (χ3v) is 3.95. The van der Waals surface area contributed by atoms with Gasteiger partial charge in [0.05, 0.1) is 4.75 Å². The Labute approximate surface area is 83.8 Å². The van der Waals surface area contributed by atoms with Crippen molar-refractivity contribution < 1.29 is 4.79 Å². The van der Waals surface area contributed by atoms with Gasteiger partial charge in [-0.1, -0.05) is 0 Å². The summed E-state index contributed by atoms with van der Waals surface area (Å²) in [5, 5.41) is 2.93. The largest absolute Gasteiger partial charge is 0.351 e. The number of carbonyl (C=O) groups excluding carboxylic acids is 1. The Morgan fingerprint density at radius 1 is 1.77 bits per heavy atom. The lowest BCUT2D eigenvalue weighted by molar-refractivity contribution is -0.123. The Balaban J connectivity index is 2.46. The van der Waals surface area contributed by atoms with Crippen LogP contribution in [0.3, 0.4) is 0 Å². The molecule has 1 rings (SSSR count). The number of hydrogen-bond acceptors (Lipinski definition) is 3. The van der Waals surface area contributed by atoms with Crippen LogP contribution in [-0.4, -0.2) is 29.0 Å². The van der Waals surface area contributed by atoms with E-state index in [1.165, 1.54) is 0 Å². The third kappa shape index (κ3) is 2.61. The van der Waals surface area contributed by atoms with Crippen LogP contribution in [-0.2, 0) is 4.79 Å². The van der Waals surface area contributed by atoms with E-state index in [-0.39, 0.29) is 16.7 Å². The molecular formula is C9H18N2OS. The molecule has 1 amide bonds. The first-order valence-corrected chi connectivity index (χ1v) is 5.72. The van der Waals surface area contributed by atoms with E-state index in [4.69, 9.17) is 5.73 Å². The van der Waals surface area contributed by atoms with E-state index < -0.39 is 0 Å². The van der Waals surface area contributed by atoms with Crippen molar-refractivity contribution in [1.29, 1.82) is 0 Å². The van der Waals surface area contributed by atoms with Crippen LogP contribution in [0.15, 0.2) is 0 Å². The molecule has 0 aromatic heterocycles. The molecule has 0 bridgehead atoms. The highest BCUT2D eigenvalue weighted by Crippen LogP contribution is 2.37. The summed E-state index contributed by atoms with van der Waals surface area (Å²) in [7, 11) is 0. The van der Waals surface area contributed by atoms with Crippen LogP contribution in [0.4, 0.5) is 0 Å². The molecule has 1 aliphatic heterocycles. The summed E-state index contributed by atoms with van der Waals surface area (Å²) in [6.07, 6.45) is 2.13. The van der Waals surface area contributed by atoms with Crippen LogP contribution < -0.4 is 11.1 Å². The van der Waals surface area contributed by atoms with Gasteiger partial charge >= 0.3 is 0 Å². The average Bonchev–Trinajstić information content (AvgIpc) is 2.53. The molecule has 1 fully saturated rings. The van der Waals surface area contributed by atoms with E-state index in [9.17, 15) is 4.79 Å².